The first-order valence-corrected chi connectivity index (χ1v) is 12.5. The van der Waals surface area contributed by atoms with E-state index in [1.807, 2.05) is 12.1 Å². The predicted octanol–water partition coefficient (Wildman–Crippen LogP) is 4.04. The first-order chi connectivity index (χ1) is 16.9. The summed E-state index contributed by atoms with van der Waals surface area (Å²) in [6.07, 6.45) is 1.74. The number of rotatable bonds is 5. The number of carbonyl (C=O) groups excluding carboxylic acids is 2. The maximum absolute atomic E-state index is 13.5. The van der Waals surface area contributed by atoms with Crippen LogP contribution >= 0.6 is 0 Å². The van der Waals surface area contributed by atoms with E-state index in [9.17, 15) is 9.59 Å². The summed E-state index contributed by atoms with van der Waals surface area (Å²) in [5.41, 5.74) is 2.32. The molecule has 1 heterocycles. The Hall–Kier alpha value is -2.90. The van der Waals surface area contributed by atoms with Crippen molar-refractivity contribution in [2.75, 3.05) is 39.2 Å². The number of carbonyl (C=O) groups is 2. The third-order valence-corrected chi connectivity index (χ3v) is 7.02. The van der Waals surface area contributed by atoms with Gasteiger partial charge >= 0.3 is 0 Å². The molecule has 1 aliphatic carbocycles. The zero-order valence-electron chi connectivity index (χ0n) is 21.2. The van der Waals surface area contributed by atoms with Crippen LogP contribution in [0.25, 0.3) is 0 Å². The van der Waals surface area contributed by atoms with Crippen LogP contribution in [0.5, 0.6) is 5.75 Å². The Morgan fingerprint density at radius 2 is 1.86 bits per heavy atom. The molecule has 35 heavy (non-hydrogen) atoms. The van der Waals surface area contributed by atoms with E-state index in [1.165, 1.54) is 5.56 Å². The first kappa shape index (κ1) is 25.2. The summed E-state index contributed by atoms with van der Waals surface area (Å²) in [4.78, 5) is 29.8. The zero-order valence-corrected chi connectivity index (χ0v) is 21.2. The van der Waals surface area contributed by atoms with Gasteiger partial charge in [-0.2, -0.15) is 0 Å². The van der Waals surface area contributed by atoms with E-state index in [0.29, 0.717) is 30.2 Å². The van der Waals surface area contributed by atoms with Crippen molar-refractivity contribution in [3.63, 3.8) is 0 Å². The average Bonchev–Trinajstić information content (AvgIpc) is 3.71. The maximum Gasteiger partial charge on any atom is 0.257 e. The monoisotopic (exact) mass is 479 g/mol. The van der Waals surface area contributed by atoms with Crippen LogP contribution in [0.4, 0.5) is 5.69 Å². The Morgan fingerprint density at radius 3 is 2.54 bits per heavy atom. The highest BCUT2D eigenvalue weighted by atomic mass is 16.5. The lowest BCUT2D eigenvalue weighted by molar-refractivity contribution is -0.117. The van der Waals surface area contributed by atoms with Gasteiger partial charge in [-0.25, -0.2) is 0 Å². The lowest BCUT2D eigenvalue weighted by atomic mass is 10.0. The lowest BCUT2D eigenvalue weighted by Gasteiger charge is -2.36. The number of amides is 2. The van der Waals surface area contributed by atoms with Gasteiger partial charge in [-0.1, -0.05) is 37.3 Å². The number of methoxy groups -OCH3 is 1. The molecule has 0 radical (unpaired) electrons. The van der Waals surface area contributed by atoms with E-state index < -0.39 is 0 Å². The molecule has 0 aromatic heterocycles. The van der Waals surface area contributed by atoms with Crippen LogP contribution in [0.3, 0.4) is 0 Å². The van der Waals surface area contributed by atoms with Crippen LogP contribution in [0, 0.1) is 11.8 Å². The van der Waals surface area contributed by atoms with Crippen LogP contribution in [0.15, 0.2) is 48.5 Å². The molecular formula is C28H37N3O4. The molecule has 7 heteroatoms. The molecule has 0 unspecified atom stereocenters. The smallest absolute Gasteiger partial charge is 0.257 e. The van der Waals surface area contributed by atoms with Gasteiger partial charge in [0.15, 0.2) is 0 Å². The molecule has 0 saturated heterocycles. The Bertz CT molecular complexity index is 1020. The van der Waals surface area contributed by atoms with Crippen LogP contribution < -0.4 is 10.1 Å². The Balaban J connectivity index is 1.61. The van der Waals surface area contributed by atoms with Gasteiger partial charge in [0, 0.05) is 51.4 Å². The summed E-state index contributed by atoms with van der Waals surface area (Å²) in [6, 6.07) is 15.9. The summed E-state index contributed by atoms with van der Waals surface area (Å²) in [5.74, 6) is 0.681. The van der Waals surface area contributed by atoms with Crippen molar-refractivity contribution < 1.29 is 19.1 Å². The molecule has 2 aliphatic rings. The van der Waals surface area contributed by atoms with Gasteiger partial charge < -0.3 is 19.7 Å². The Kier molecular flexibility index (Phi) is 8.08. The fourth-order valence-corrected chi connectivity index (χ4v) is 4.56. The minimum Gasteiger partial charge on any atom is -0.491 e. The molecule has 2 aromatic carbocycles. The number of fused-ring (bicyclic) bond motifs is 1. The molecule has 188 valence electrons. The van der Waals surface area contributed by atoms with Crippen LogP contribution in [-0.2, 0) is 16.1 Å². The van der Waals surface area contributed by atoms with E-state index in [0.717, 1.165) is 25.9 Å². The third-order valence-electron chi connectivity index (χ3n) is 7.02. The van der Waals surface area contributed by atoms with Crippen molar-refractivity contribution in [3.05, 3.63) is 59.7 Å². The highest BCUT2D eigenvalue weighted by Crippen LogP contribution is 2.31. The van der Waals surface area contributed by atoms with E-state index >= 15 is 0 Å². The van der Waals surface area contributed by atoms with Gasteiger partial charge in [0.2, 0.25) is 5.91 Å². The number of anilines is 1. The predicted molar refractivity (Wildman–Crippen MR) is 137 cm³/mol. The van der Waals surface area contributed by atoms with Crippen LogP contribution in [-0.4, -0.2) is 67.6 Å². The first-order valence-electron chi connectivity index (χ1n) is 12.5. The van der Waals surface area contributed by atoms with Gasteiger partial charge in [-0.15, -0.1) is 0 Å². The molecule has 0 bridgehead atoms. The zero-order chi connectivity index (χ0) is 24.9. The van der Waals surface area contributed by atoms with Crippen molar-refractivity contribution >= 4 is 17.5 Å². The largest absolute Gasteiger partial charge is 0.491 e. The normalized spacial score (nSPS) is 24.1. The van der Waals surface area contributed by atoms with Crippen LogP contribution in [0.1, 0.15) is 42.6 Å². The molecule has 4 rings (SSSR count). The molecule has 7 nitrogen and oxygen atoms in total. The molecule has 1 N–H and O–H groups in total. The van der Waals surface area contributed by atoms with Gasteiger partial charge in [0.1, 0.15) is 12.4 Å². The number of hydrogen-bond acceptors (Lipinski definition) is 5. The molecule has 2 amide bonds. The maximum atomic E-state index is 13.5. The summed E-state index contributed by atoms with van der Waals surface area (Å²) in [7, 11) is 3.50. The molecule has 0 spiro atoms. The number of nitrogens with one attached hydrogen (secondary N) is 1. The summed E-state index contributed by atoms with van der Waals surface area (Å²) < 4.78 is 12.1. The number of benzene rings is 2. The van der Waals surface area contributed by atoms with Crippen molar-refractivity contribution in [2.24, 2.45) is 11.8 Å². The van der Waals surface area contributed by atoms with Crippen LogP contribution in [0.2, 0.25) is 0 Å². The Morgan fingerprint density at radius 1 is 1.11 bits per heavy atom. The summed E-state index contributed by atoms with van der Waals surface area (Å²) in [5, 5.41) is 2.95. The third kappa shape index (κ3) is 6.41. The second-order valence-electron chi connectivity index (χ2n) is 9.99. The van der Waals surface area contributed by atoms with Gasteiger partial charge in [-0.05, 0) is 49.4 Å². The topological polar surface area (TPSA) is 71.1 Å². The standard InChI is InChI=1S/C28H37N3O4/c1-19-15-31(16-21-8-6-5-7-9-21)20(2)18-35-25-13-12-23(29-27(32)22-10-11-22)14-24(25)28(33)30(3)17-26(19)34-4/h5-9,12-14,19-20,22,26H,10-11,15-18H2,1-4H3,(H,29,32)/t19-,20+,26+/m1/s1. The van der Waals surface area contributed by atoms with Gasteiger partial charge in [0.25, 0.3) is 5.91 Å². The number of hydrogen-bond donors (Lipinski definition) is 1. The minimum absolute atomic E-state index is 0.0123. The number of likely N-dealkylation sites (N-methyl/N-ethyl adjacent to an activating group) is 1. The van der Waals surface area contributed by atoms with Crippen molar-refractivity contribution in [1.82, 2.24) is 9.80 Å². The van der Waals surface area contributed by atoms with E-state index in [2.05, 4.69) is 48.3 Å². The highest BCUT2D eigenvalue weighted by molar-refractivity contribution is 6.00. The number of nitrogens with zero attached hydrogens (tertiary/aromatic N) is 2. The number of ether oxygens (including phenoxy) is 2. The molecule has 1 aliphatic heterocycles. The van der Waals surface area contributed by atoms with Crippen molar-refractivity contribution in [1.29, 1.82) is 0 Å². The van der Waals surface area contributed by atoms with Gasteiger partial charge in [-0.3, -0.25) is 14.5 Å². The highest BCUT2D eigenvalue weighted by Gasteiger charge is 2.31. The average molecular weight is 480 g/mol. The summed E-state index contributed by atoms with van der Waals surface area (Å²) >= 11 is 0. The fourth-order valence-electron chi connectivity index (χ4n) is 4.56. The fraction of sp³-hybridized carbons (Fsp3) is 0.500. The molecule has 2 aromatic rings. The summed E-state index contributed by atoms with van der Waals surface area (Å²) in [6.45, 7) is 6.85. The Labute approximate surface area is 208 Å². The minimum atomic E-state index is -0.147. The van der Waals surface area contributed by atoms with E-state index in [-0.39, 0.29) is 35.8 Å². The second kappa shape index (κ2) is 11.2. The van der Waals surface area contributed by atoms with E-state index in [1.54, 1.807) is 31.2 Å². The molecular weight excluding hydrogens is 442 g/mol. The SMILES string of the molecule is CO[C@H]1CN(C)C(=O)c2cc(NC(=O)C3CC3)ccc2OC[C@H](C)N(Cc2ccccc2)C[C@H]1C. The molecule has 1 saturated carbocycles. The lowest BCUT2D eigenvalue weighted by Crippen LogP contribution is -2.46. The second-order valence-corrected chi connectivity index (χ2v) is 9.99. The molecule has 3 atom stereocenters. The van der Waals surface area contributed by atoms with Crippen molar-refractivity contribution in [2.45, 2.75) is 45.4 Å². The van der Waals surface area contributed by atoms with Crippen molar-refractivity contribution in [3.8, 4) is 5.75 Å². The van der Waals surface area contributed by atoms with Gasteiger partial charge in [0.05, 0.1) is 11.7 Å². The quantitative estimate of drug-likeness (QED) is 0.701. The van der Waals surface area contributed by atoms with E-state index in [4.69, 9.17) is 9.47 Å². The molecule has 1 fully saturated rings.